The maximum Gasteiger partial charge on any atom is 0.258 e. The van der Waals surface area contributed by atoms with Crippen molar-refractivity contribution in [1.29, 1.82) is 0 Å². The summed E-state index contributed by atoms with van der Waals surface area (Å²) in [6.45, 7) is 5.57. The lowest BCUT2D eigenvalue weighted by Gasteiger charge is -2.11. The Labute approximate surface area is 144 Å². The number of amides is 1. The molecule has 6 nitrogen and oxygen atoms in total. The minimum Gasteiger partial charge on any atom is -0.306 e. The molecule has 3 aromatic rings. The molecule has 2 aromatic heterocycles. The smallest absolute Gasteiger partial charge is 0.258 e. The highest BCUT2D eigenvalue weighted by atomic mass is 35.5. The van der Waals surface area contributed by atoms with Crippen molar-refractivity contribution in [1.82, 2.24) is 19.7 Å². The number of nitrogens with one attached hydrogen (secondary N) is 1. The van der Waals surface area contributed by atoms with Gasteiger partial charge in [0.15, 0.2) is 5.82 Å². The van der Waals surface area contributed by atoms with Crippen LogP contribution in [0.25, 0.3) is 5.82 Å². The Bertz CT molecular complexity index is 899. The molecule has 3 rings (SSSR count). The lowest BCUT2D eigenvalue weighted by Crippen LogP contribution is -2.17. The Hall–Kier alpha value is -2.73. The summed E-state index contributed by atoms with van der Waals surface area (Å²) in [5.74, 6) is 1.49. The van der Waals surface area contributed by atoms with Crippen LogP contribution in [0.2, 0.25) is 5.02 Å². The van der Waals surface area contributed by atoms with Crippen LogP contribution in [0.5, 0.6) is 0 Å². The average molecular weight is 342 g/mol. The number of halogens is 1. The van der Waals surface area contributed by atoms with Crippen LogP contribution in [0.4, 0.5) is 5.82 Å². The lowest BCUT2D eigenvalue weighted by atomic mass is 10.2. The van der Waals surface area contributed by atoms with Crippen LogP contribution < -0.4 is 5.32 Å². The number of aromatic nitrogens is 4. The van der Waals surface area contributed by atoms with Crippen LogP contribution in [0.1, 0.15) is 27.4 Å². The highest BCUT2D eigenvalue weighted by Gasteiger charge is 2.16. The van der Waals surface area contributed by atoms with Gasteiger partial charge in [-0.15, -0.1) is 0 Å². The molecule has 1 aromatic carbocycles. The minimum absolute atomic E-state index is 0.298. The van der Waals surface area contributed by atoms with Crippen molar-refractivity contribution in [3.05, 3.63) is 64.2 Å². The summed E-state index contributed by atoms with van der Waals surface area (Å²) in [6.07, 6.45) is 1.68. The number of hydrogen-bond acceptors (Lipinski definition) is 4. The highest BCUT2D eigenvalue weighted by molar-refractivity contribution is 6.34. The van der Waals surface area contributed by atoms with Crippen molar-refractivity contribution in [2.45, 2.75) is 20.8 Å². The first-order valence-corrected chi connectivity index (χ1v) is 7.76. The van der Waals surface area contributed by atoms with E-state index in [0.29, 0.717) is 28.0 Å². The molecular weight excluding hydrogens is 326 g/mol. The molecule has 0 unspecified atom stereocenters. The van der Waals surface area contributed by atoms with E-state index in [1.165, 1.54) is 0 Å². The van der Waals surface area contributed by atoms with Gasteiger partial charge in [-0.05, 0) is 32.9 Å². The predicted octanol–water partition coefficient (Wildman–Crippen LogP) is 3.49. The minimum atomic E-state index is -0.298. The van der Waals surface area contributed by atoms with E-state index in [1.807, 2.05) is 26.8 Å². The molecule has 0 aliphatic heterocycles. The zero-order valence-corrected chi connectivity index (χ0v) is 14.3. The van der Waals surface area contributed by atoms with E-state index in [2.05, 4.69) is 20.4 Å². The van der Waals surface area contributed by atoms with E-state index in [0.717, 1.165) is 11.3 Å². The van der Waals surface area contributed by atoms with Crippen molar-refractivity contribution in [2.24, 2.45) is 0 Å². The van der Waals surface area contributed by atoms with E-state index in [-0.39, 0.29) is 5.91 Å². The zero-order valence-electron chi connectivity index (χ0n) is 13.5. The summed E-state index contributed by atoms with van der Waals surface area (Å²) >= 11 is 6.09. The fourth-order valence-electron chi connectivity index (χ4n) is 2.38. The van der Waals surface area contributed by atoms with Crippen molar-refractivity contribution >= 4 is 23.3 Å². The third kappa shape index (κ3) is 3.14. The summed E-state index contributed by atoms with van der Waals surface area (Å²) in [6, 6.07) is 8.71. The van der Waals surface area contributed by atoms with Crippen LogP contribution in [-0.2, 0) is 0 Å². The summed E-state index contributed by atoms with van der Waals surface area (Å²) < 4.78 is 1.59. The molecule has 0 aliphatic rings. The van der Waals surface area contributed by atoms with Gasteiger partial charge in [-0.1, -0.05) is 23.7 Å². The van der Waals surface area contributed by atoms with Crippen molar-refractivity contribution in [3.63, 3.8) is 0 Å². The van der Waals surface area contributed by atoms with Gasteiger partial charge in [0.2, 0.25) is 0 Å². The normalized spacial score (nSPS) is 10.7. The first-order chi connectivity index (χ1) is 11.5. The molecule has 1 amide bonds. The molecule has 0 bridgehead atoms. The van der Waals surface area contributed by atoms with Gasteiger partial charge in [0.25, 0.3) is 5.91 Å². The molecule has 0 aliphatic carbocycles. The van der Waals surface area contributed by atoms with E-state index in [1.54, 1.807) is 35.1 Å². The van der Waals surface area contributed by atoms with E-state index >= 15 is 0 Å². The molecule has 0 fully saturated rings. The highest BCUT2D eigenvalue weighted by Crippen LogP contribution is 2.21. The SMILES string of the molecule is Cc1cc(-n2ncc(C)c2NC(=O)c2ccccc2Cl)nc(C)n1. The van der Waals surface area contributed by atoms with Crippen LogP contribution in [0.15, 0.2) is 36.5 Å². The third-order valence-electron chi connectivity index (χ3n) is 3.47. The largest absolute Gasteiger partial charge is 0.306 e. The second-order valence-electron chi connectivity index (χ2n) is 5.44. The number of nitrogens with zero attached hydrogens (tertiary/aromatic N) is 4. The van der Waals surface area contributed by atoms with Gasteiger partial charge >= 0.3 is 0 Å². The quantitative estimate of drug-likeness (QED) is 0.791. The lowest BCUT2D eigenvalue weighted by molar-refractivity contribution is 0.102. The van der Waals surface area contributed by atoms with Crippen molar-refractivity contribution in [2.75, 3.05) is 5.32 Å². The Balaban J connectivity index is 1.99. The van der Waals surface area contributed by atoms with Gasteiger partial charge in [0.1, 0.15) is 11.6 Å². The van der Waals surface area contributed by atoms with E-state index in [9.17, 15) is 4.79 Å². The summed E-state index contributed by atoms with van der Waals surface area (Å²) in [4.78, 5) is 21.2. The second-order valence-corrected chi connectivity index (χ2v) is 5.84. The molecule has 0 saturated carbocycles. The Kier molecular flexibility index (Phi) is 4.31. The monoisotopic (exact) mass is 341 g/mol. The van der Waals surface area contributed by atoms with Crippen LogP contribution in [0.3, 0.4) is 0 Å². The number of aryl methyl sites for hydroxylation is 3. The molecule has 122 valence electrons. The molecule has 0 atom stereocenters. The first kappa shape index (κ1) is 16.1. The van der Waals surface area contributed by atoms with Crippen LogP contribution in [-0.4, -0.2) is 25.7 Å². The molecule has 0 saturated heterocycles. The van der Waals surface area contributed by atoms with Crippen LogP contribution >= 0.6 is 11.6 Å². The van der Waals surface area contributed by atoms with Gasteiger partial charge in [-0.2, -0.15) is 9.78 Å². The Morgan fingerprint density at radius 1 is 1.17 bits per heavy atom. The Morgan fingerprint density at radius 3 is 2.62 bits per heavy atom. The van der Waals surface area contributed by atoms with E-state index < -0.39 is 0 Å². The van der Waals surface area contributed by atoms with Gasteiger partial charge < -0.3 is 5.32 Å². The maximum absolute atomic E-state index is 12.5. The summed E-state index contributed by atoms with van der Waals surface area (Å²) in [7, 11) is 0. The van der Waals surface area contributed by atoms with Gasteiger partial charge in [-0.3, -0.25) is 4.79 Å². The predicted molar refractivity (Wildman–Crippen MR) is 92.8 cm³/mol. The average Bonchev–Trinajstić information content (AvgIpc) is 2.88. The molecule has 0 spiro atoms. The number of anilines is 1. The summed E-state index contributed by atoms with van der Waals surface area (Å²) in [5, 5.41) is 7.58. The molecule has 7 heteroatoms. The van der Waals surface area contributed by atoms with E-state index in [4.69, 9.17) is 11.6 Å². The zero-order chi connectivity index (χ0) is 17.3. The molecular formula is C17H16ClN5O. The standard InChI is InChI=1S/C17H16ClN5O/c1-10-9-19-23(15-8-11(2)20-12(3)21-15)16(10)22-17(24)13-6-4-5-7-14(13)18/h4-9H,1-3H3,(H,22,24). The Morgan fingerprint density at radius 2 is 1.92 bits per heavy atom. The van der Waals surface area contributed by atoms with Crippen LogP contribution in [0, 0.1) is 20.8 Å². The second kappa shape index (κ2) is 6.41. The number of carbonyl (C=O) groups is 1. The first-order valence-electron chi connectivity index (χ1n) is 7.39. The number of carbonyl (C=O) groups excluding carboxylic acids is 1. The maximum atomic E-state index is 12.5. The molecule has 1 N–H and O–H groups in total. The van der Waals surface area contributed by atoms with Gasteiger partial charge in [-0.25, -0.2) is 9.97 Å². The molecule has 2 heterocycles. The number of hydrogen-bond donors (Lipinski definition) is 1. The topological polar surface area (TPSA) is 72.7 Å². The fourth-order valence-corrected chi connectivity index (χ4v) is 2.60. The van der Waals surface area contributed by atoms with Crippen molar-refractivity contribution < 1.29 is 4.79 Å². The molecule has 24 heavy (non-hydrogen) atoms. The number of rotatable bonds is 3. The number of benzene rings is 1. The van der Waals surface area contributed by atoms with Gasteiger partial charge in [0.05, 0.1) is 16.8 Å². The summed E-state index contributed by atoms with van der Waals surface area (Å²) in [5.41, 5.74) is 2.06. The molecule has 0 radical (unpaired) electrons. The van der Waals surface area contributed by atoms with Crippen molar-refractivity contribution in [3.8, 4) is 5.82 Å². The third-order valence-corrected chi connectivity index (χ3v) is 3.80. The van der Waals surface area contributed by atoms with Gasteiger partial charge in [0, 0.05) is 17.3 Å². The fraction of sp³-hybridized carbons (Fsp3) is 0.176.